The predicted molar refractivity (Wildman–Crippen MR) is 62.7 cm³/mol. The largest absolute Gasteiger partial charge is 0.345 e. The van der Waals surface area contributed by atoms with Gasteiger partial charge in [-0.05, 0) is 32.7 Å². The van der Waals surface area contributed by atoms with Crippen LogP contribution in [0, 0.1) is 5.41 Å². The Morgan fingerprint density at radius 2 is 2.40 bits per heavy atom. The zero-order chi connectivity index (χ0) is 11.3. The molecule has 1 fully saturated rings. The standard InChI is InChI=1S/C12H22N2O/c1-4-5-6-9-14(3)11(15)12(2)7-8-13-10-12/h4,13H,1,5-10H2,2-3H3. The van der Waals surface area contributed by atoms with Gasteiger partial charge in [-0.25, -0.2) is 0 Å². The lowest BCUT2D eigenvalue weighted by Crippen LogP contribution is -2.41. The van der Waals surface area contributed by atoms with Crippen molar-refractivity contribution in [3.63, 3.8) is 0 Å². The van der Waals surface area contributed by atoms with E-state index in [9.17, 15) is 4.79 Å². The minimum absolute atomic E-state index is 0.178. The lowest BCUT2D eigenvalue weighted by Gasteiger charge is -2.28. The molecular formula is C12H22N2O. The molecule has 86 valence electrons. The number of hydrogen-bond donors (Lipinski definition) is 1. The molecule has 1 unspecified atom stereocenters. The molecular weight excluding hydrogens is 188 g/mol. The van der Waals surface area contributed by atoms with Gasteiger partial charge in [0.05, 0.1) is 5.41 Å². The average Bonchev–Trinajstić information content (AvgIpc) is 2.65. The van der Waals surface area contributed by atoms with Crippen molar-refractivity contribution in [1.82, 2.24) is 10.2 Å². The van der Waals surface area contributed by atoms with Crippen LogP contribution in [0.25, 0.3) is 0 Å². The maximum atomic E-state index is 12.1. The third-order valence-corrected chi connectivity index (χ3v) is 3.13. The number of nitrogens with one attached hydrogen (secondary N) is 1. The highest BCUT2D eigenvalue weighted by Gasteiger charge is 2.37. The normalized spacial score (nSPS) is 25.2. The Morgan fingerprint density at radius 1 is 1.67 bits per heavy atom. The van der Waals surface area contributed by atoms with Crippen molar-refractivity contribution in [3.8, 4) is 0 Å². The van der Waals surface area contributed by atoms with E-state index in [1.54, 1.807) is 0 Å². The molecule has 0 aromatic carbocycles. The Hall–Kier alpha value is -0.830. The molecule has 3 heteroatoms. The van der Waals surface area contributed by atoms with E-state index in [4.69, 9.17) is 0 Å². The smallest absolute Gasteiger partial charge is 0.229 e. The van der Waals surface area contributed by atoms with Gasteiger partial charge < -0.3 is 10.2 Å². The summed E-state index contributed by atoms with van der Waals surface area (Å²) >= 11 is 0. The lowest BCUT2D eigenvalue weighted by atomic mass is 9.88. The highest BCUT2D eigenvalue weighted by molar-refractivity contribution is 5.82. The first kappa shape index (κ1) is 12.2. The summed E-state index contributed by atoms with van der Waals surface area (Å²) in [4.78, 5) is 14.0. The topological polar surface area (TPSA) is 32.3 Å². The fraction of sp³-hybridized carbons (Fsp3) is 0.750. The summed E-state index contributed by atoms with van der Waals surface area (Å²) in [5.74, 6) is 0.275. The summed E-state index contributed by atoms with van der Waals surface area (Å²) < 4.78 is 0. The Bertz CT molecular complexity index is 232. The number of hydrogen-bond acceptors (Lipinski definition) is 2. The molecule has 1 amide bonds. The van der Waals surface area contributed by atoms with Crippen molar-refractivity contribution in [3.05, 3.63) is 12.7 Å². The van der Waals surface area contributed by atoms with Crippen molar-refractivity contribution < 1.29 is 4.79 Å². The van der Waals surface area contributed by atoms with E-state index in [0.717, 1.165) is 38.9 Å². The monoisotopic (exact) mass is 210 g/mol. The molecule has 1 rings (SSSR count). The molecule has 1 N–H and O–H groups in total. The van der Waals surface area contributed by atoms with Crippen LogP contribution in [0.15, 0.2) is 12.7 Å². The molecule has 0 aromatic rings. The highest BCUT2D eigenvalue weighted by atomic mass is 16.2. The first-order valence-corrected chi connectivity index (χ1v) is 5.67. The molecule has 0 bridgehead atoms. The molecule has 1 heterocycles. The van der Waals surface area contributed by atoms with Gasteiger partial charge >= 0.3 is 0 Å². The molecule has 1 aliphatic rings. The van der Waals surface area contributed by atoms with Gasteiger partial charge in [0.25, 0.3) is 0 Å². The molecule has 0 radical (unpaired) electrons. The quantitative estimate of drug-likeness (QED) is 0.549. The molecule has 15 heavy (non-hydrogen) atoms. The molecule has 3 nitrogen and oxygen atoms in total. The molecule has 1 atom stereocenters. The fourth-order valence-electron chi connectivity index (χ4n) is 2.03. The summed E-state index contributed by atoms with van der Waals surface area (Å²) in [6.45, 7) is 8.35. The Kier molecular flexibility index (Phi) is 4.33. The van der Waals surface area contributed by atoms with Gasteiger partial charge in [-0.15, -0.1) is 6.58 Å². The van der Waals surface area contributed by atoms with E-state index in [1.807, 2.05) is 18.0 Å². The number of unbranched alkanes of at least 4 members (excludes halogenated alkanes) is 1. The maximum absolute atomic E-state index is 12.1. The molecule has 0 saturated carbocycles. The summed E-state index contributed by atoms with van der Waals surface area (Å²) in [6.07, 6.45) is 4.84. The van der Waals surface area contributed by atoms with Crippen LogP contribution in [0.2, 0.25) is 0 Å². The van der Waals surface area contributed by atoms with E-state index in [0.29, 0.717) is 0 Å². The summed E-state index contributed by atoms with van der Waals surface area (Å²) in [7, 11) is 1.90. The van der Waals surface area contributed by atoms with Crippen LogP contribution in [-0.2, 0) is 4.79 Å². The van der Waals surface area contributed by atoms with Crippen LogP contribution in [0.5, 0.6) is 0 Å². The van der Waals surface area contributed by atoms with Gasteiger partial charge in [0.15, 0.2) is 0 Å². The first-order chi connectivity index (χ1) is 7.10. The second-order valence-corrected chi connectivity index (χ2v) is 4.65. The van der Waals surface area contributed by atoms with Crippen LogP contribution < -0.4 is 5.32 Å². The third kappa shape index (κ3) is 3.06. The van der Waals surface area contributed by atoms with Gasteiger partial charge in [-0.3, -0.25) is 4.79 Å². The van der Waals surface area contributed by atoms with Gasteiger partial charge in [0.2, 0.25) is 5.91 Å². The molecule has 1 saturated heterocycles. The first-order valence-electron chi connectivity index (χ1n) is 5.67. The van der Waals surface area contributed by atoms with Crippen molar-refractivity contribution in [1.29, 1.82) is 0 Å². The van der Waals surface area contributed by atoms with Crippen LogP contribution >= 0.6 is 0 Å². The van der Waals surface area contributed by atoms with Crippen LogP contribution in [0.4, 0.5) is 0 Å². The van der Waals surface area contributed by atoms with Gasteiger partial charge in [0.1, 0.15) is 0 Å². The van der Waals surface area contributed by atoms with Crippen LogP contribution in [0.1, 0.15) is 26.2 Å². The maximum Gasteiger partial charge on any atom is 0.229 e. The zero-order valence-electron chi connectivity index (χ0n) is 9.88. The van der Waals surface area contributed by atoms with Crippen molar-refractivity contribution in [2.45, 2.75) is 26.2 Å². The number of nitrogens with zero attached hydrogens (tertiary/aromatic N) is 1. The average molecular weight is 210 g/mol. The highest BCUT2D eigenvalue weighted by Crippen LogP contribution is 2.26. The summed E-state index contributed by atoms with van der Waals surface area (Å²) in [5, 5.41) is 3.25. The number of rotatable bonds is 5. The molecule has 1 aliphatic heterocycles. The minimum atomic E-state index is -0.178. The Morgan fingerprint density at radius 3 is 2.93 bits per heavy atom. The van der Waals surface area contributed by atoms with Gasteiger partial charge in [-0.2, -0.15) is 0 Å². The predicted octanol–water partition coefficient (Wildman–Crippen LogP) is 1.41. The SMILES string of the molecule is C=CCCCN(C)C(=O)C1(C)CCNC1. The minimum Gasteiger partial charge on any atom is -0.345 e. The third-order valence-electron chi connectivity index (χ3n) is 3.13. The van der Waals surface area contributed by atoms with E-state index < -0.39 is 0 Å². The molecule has 0 spiro atoms. The van der Waals surface area contributed by atoms with Crippen LogP contribution in [-0.4, -0.2) is 37.5 Å². The van der Waals surface area contributed by atoms with E-state index in [1.165, 1.54) is 0 Å². The van der Waals surface area contributed by atoms with Crippen molar-refractivity contribution >= 4 is 5.91 Å². The summed E-state index contributed by atoms with van der Waals surface area (Å²) in [5.41, 5.74) is -0.178. The second-order valence-electron chi connectivity index (χ2n) is 4.65. The van der Waals surface area contributed by atoms with Gasteiger partial charge in [-0.1, -0.05) is 6.08 Å². The lowest BCUT2D eigenvalue weighted by molar-refractivity contribution is -0.138. The van der Waals surface area contributed by atoms with E-state index >= 15 is 0 Å². The summed E-state index contributed by atoms with van der Waals surface area (Å²) in [6, 6.07) is 0. The van der Waals surface area contributed by atoms with Crippen LogP contribution in [0.3, 0.4) is 0 Å². The zero-order valence-corrected chi connectivity index (χ0v) is 9.88. The van der Waals surface area contributed by atoms with Crippen molar-refractivity contribution in [2.24, 2.45) is 5.41 Å². The molecule has 0 aliphatic carbocycles. The number of allylic oxidation sites excluding steroid dienone is 1. The second kappa shape index (κ2) is 5.31. The Balaban J connectivity index is 2.41. The Labute approximate surface area is 92.5 Å². The van der Waals surface area contributed by atoms with E-state index in [-0.39, 0.29) is 11.3 Å². The fourth-order valence-corrected chi connectivity index (χ4v) is 2.03. The number of carbonyl (C=O) groups is 1. The van der Waals surface area contributed by atoms with E-state index in [2.05, 4.69) is 18.8 Å². The molecule has 0 aromatic heterocycles. The number of amides is 1. The van der Waals surface area contributed by atoms with Crippen molar-refractivity contribution in [2.75, 3.05) is 26.7 Å². The number of carbonyl (C=O) groups excluding carboxylic acids is 1. The van der Waals surface area contributed by atoms with Gasteiger partial charge in [0, 0.05) is 20.1 Å².